The lowest BCUT2D eigenvalue weighted by molar-refractivity contribution is 0.102. The topological polar surface area (TPSA) is 38.3 Å². The van der Waals surface area contributed by atoms with Crippen molar-refractivity contribution < 1.29 is 13.9 Å². The summed E-state index contributed by atoms with van der Waals surface area (Å²) < 4.78 is 19.4. The van der Waals surface area contributed by atoms with Crippen LogP contribution in [0, 0.1) is 5.82 Å². The van der Waals surface area contributed by atoms with Gasteiger partial charge in [0.05, 0.1) is 17.1 Å². The zero-order chi connectivity index (χ0) is 16.4. The number of benzene rings is 3. The molecule has 5 heteroatoms. The van der Waals surface area contributed by atoms with E-state index in [1.54, 1.807) is 18.2 Å². The van der Waals surface area contributed by atoms with E-state index in [-0.39, 0.29) is 5.91 Å². The number of ether oxygens (including phenoxy) is 1. The number of fused-ring (bicyclic) bond motifs is 1. The van der Waals surface area contributed by atoms with E-state index in [2.05, 4.69) is 21.2 Å². The van der Waals surface area contributed by atoms with Crippen LogP contribution < -0.4 is 10.1 Å². The van der Waals surface area contributed by atoms with Crippen LogP contribution in [0.3, 0.4) is 0 Å². The molecule has 1 N–H and O–H groups in total. The van der Waals surface area contributed by atoms with Crippen molar-refractivity contribution in [2.45, 2.75) is 0 Å². The fourth-order valence-electron chi connectivity index (χ4n) is 2.42. The minimum Gasteiger partial charge on any atom is -0.495 e. The SMILES string of the molecule is COc1c(C(=O)Nc2cccc(F)c2)cc2ccccc2c1Br. The van der Waals surface area contributed by atoms with Gasteiger partial charge in [-0.1, -0.05) is 30.3 Å². The molecular formula is C18H13BrFNO2. The molecule has 0 aliphatic rings. The van der Waals surface area contributed by atoms with Crippen LogP contribution in [-0.2, 0) is 0 Å². The Morgan fingerprint density at radius 3 is 2.65 bits per heavy atom. The Kier molecular flexibility index (Phi) is 4.30. The van der Waals surface area contributed by atoms with Gasteiger partial charge in [0.15, 0.2) is 0 Å². The number of hydrogen-bond acceptors (Lipinski definition) is 2. The first kappa shape index (κ1) is 15.5. The molecule has 0 saturated carbocycles. The summed E-state index contributed by atoms with van der Waals surface area (Å²) in [5.74, 6) is -0.328. The highest BCUT2D eigenvalue weighted by molar-refractivity contribution is 9.10. The summed E-state index contributed by atoms with van der Waals surface area (Å²) in [6, 6.07) is 15.2. The van der Waals surface area contributed by atoms with Crippen molar-refractivity contribution >= 4 is 38.3 Å². The van der Waals surface area contributed by atoms with Gasteiger partial charge in [-0.15, -0.1) is 0 Å². The molecule has 116 valence electrons. The maximum Gasteiger partial charge on any atom is 0.259 e. The highest BCUT2D eigenvalue weighted by Crippen LogP contribution is 2.36. The minimum absolute atomic E-state index is 0.362. The van der Waals surface area contributed by atoms with Crippen molar-refractivity contribution in [3.05, 3.63) is 70.5 Å². The van der Waals surface area contributed by atoms with Gasteiger partial charge in [0, 0.05) is 5.69 Å². The third kappa shape index (κ3) is 3.05. The largest absolute Gasteiger partial charge is 0.495 e. The summed E-state index contributed by atoms with van der Waals surface area (Å²) in [5, 5.41) is 4.54. The van der Waals surface area contributed by atoms with Gasteiger partial charge in [0.2, 0.25) is 0 Å². The van der Waals surface area contributed by atoms with Crippen LogP contribution in [-0.4, -0.2) is 13.0 Å². The summed E-state index contributed by atoms with van der Waals surface area (Å²) >= 11 is 3.49. The summed E-state index contributed by atoms with van der Waals surface area (Å²) in [4.78, 5) is 12.6. The number of halogens is 2. The smallest absolute Gasteiger partial charge is 0.259 e. The van der Waals surface area contributed by atoms with Crippen LogP contribution in [0.2, 0.25) is 0 Å². The summed E-state index contributed by atoms with van der Waals surface area (Å²) in [6.45, 7) is 0. The predicted octanol–water partition coefficient (Wildman–Crippen LogP) is 5.00. The Morgan fingerprint density at radius 1 is 1.13 bits per heavy atom. The highest BCUT2D eigenvalue weighted by atomic mass is 79.9. The Bertz CT molecular complexity index is 895. The molecule has 0 atom stereocenters. The lowest BCUT2D eigenvalue weighted by Gasteiger charge is -2.13. The molecule has 0 heterocycles. The zero-order valence-corrected chi connectivity index (χ0v) is 13.9. The average Bonchev–Trinajstić information content (AvgIpc) is 2.55. The van der Waals surface area contributed by atoms with Gasteiger partial charge in [-0.2, -0.15) is 0 Å². The number of anilines is 1. The maximum absolute atomic E-state index is 13.3. The molecule has 0 fully saturated rings. The highest BCUT2D eigenvalue weighted by Gasteiger charge is 2.18. The molecule has 0 aromatic heterocycles. The number of amides is 1. The zero-order valence-electron chi connectivity index (χ0n) is 12.3. The van der Waals surface area contributed by atoms with E-state index >= 15 is 0 Å². The number of rotatable bonds is 3. The van der Waals surface area contributed by atoms with E-state index in [1.807, 2.05) is 24.3 Å². The summed E-state index contributed by atoms with van der Waals surface area (Å²) in [6.07, 6.45) is 0. The second-order valence-corrected chi connectivity index (χ2v) is 5.75. The van der Waals surface area contributed by atoms with E-state index in [0.717, 1.165) is 10.8 Å². The van der Waals surface area contributed by atoms with Crippen LogP contribution >= 0.6 is 15.9 Å². The van der Waals surface area contributed by atoms with Crippen LogP contribution in [0.15, 0.2) is 59.1 Å². The number of hydrogen-bond donors (Lipinski definition) is 1. The monoisotopic (exact) mass is 373 g/mol. The number of carbonyl (C=O) groups excluding carboxylic acids is 1. The lowest BCUT2D eigenvalue weighted by atomic mass is 10.1. The Morgan fingerprint density at radius 2 is 1.91 bits per heavy atom. The van der Waals surface area contributed by atoms with E-state index in [9.17, 15) is 9.18 Å². The van der Waals surface area contributed by atoms with Gasteiger partial charge in [-0.05, 0) is 51.0 Å². The van der Waals surface area contributed by atoms with Crippen molar-refractivity contribution in [1.29, 1.82) is 0 Å². The molecule has 23 heavy (non-hydrogen) atoms. The van der Waals surface area contributed by atoms with Gasteiger partial charge >= 0.3 is 0 Å². The molecule has 3 aromatic rings. The minimum atomic E-state index is -0.408. The molecule has 0 spiro atoms. The first-order chi connectivity index (χ1) is 11.1. The normalized spacial score (nSPS) is 10.6. The first-order valence-electron chi connectivity index (χ1n) is 6.92. The molecule has 0 radical (unpaired) electrons. The van der Waals surface area contributed by atoms with Gasteiger partial charge in [-0.3, -0.25) is 4.79 Å². The quantitative estimate of drug-likeness (QED) is 0.701. The van der Waals surface area contributed by atoms with Crippen molar-refractivity contribution in [1.82, 2.24) is 0 Å². The van der Waals surface area contributed by atoms with Crippen molar-refractivity contribution in [3.63, 3.8) is 0 Å². The lowest BCUT2D eigenvalue weighted by Crippen LogP contribution is -2.13. The molecule has 1 amide bonds. The molecule has 3 nitrogen and oxygen atoms in total. The summed E-state index contributed by atoms with van der Waals surface area (Å²) in [5.41, 5.74) is 0.767. The molecular weight excluding hydrogens is 361 g/mol. The fourth-order valence-corrected chi connectivity index (χ4v) is 3.15. The average molecular weight is 374 g/mol. The Balaban J connectivity index is 2.06. The fraction of sp³-hybridized carbons (Fsp3) is 0.0556. The Hall–Kier alpha value is -2.40. The second-order valence-electron chi connectivity index (χ2n) is 4.96. The Labute approximate surface area is 141 Å². The van der Waals surface area contributed by atoms with E-state index < -0.39 is 5.82 Å². The van der Waals surface area contributed by atoms with E-state index in [1.165, 1.54) is 19.2 Å². The predicted molar refractivity (Wildman–Crippen MR) is 92.6 cm³/mol. The third-order valence-electron chi connectivity index (χ3n) is 3.47. The van der Waals surface area contributed by atoms with Crippen molar-refractivity contribution in [2.24, 2.45) is 0 Å². The van der Waals surface area contributed by atoms with E-state index in [0.29, 0.717) is 21.5 Å². The van der Waals surface area contributed by atoms with Crippen LogP contribution in [0.4, 0.5) is 10.1 Å². The maximum atomic E-state index is 13.3. The van der Waals surface area contributed by atoms with Crippen molar-refractivity contribution in [3.8, 4) is 5.75 Å². The molecule has 0 bridgehead atoms. The number of carbonyl (C=O) groups is 1. The van der Waals surface area contributed by atoms with Gasteiger partial charge < -0.3 is 10.1 Å². The standard InChI is InChI=1S/C18H13BrFNO2/c1-23-17-15(9-11-5-2-3-8-14(11)16(17)19)18(22)21-13-7-4-6-12(20)10-13/h2-10H,1H3,(H,21,22). The van der Waals surface area contributed by atoms with E-state index in [4.69, 9.17) is 4.74 Å². The van der Waals surface area contributed by atoms with Crippen LogP contribution in [0.25, 0.3) is 10.8 Å². The molecule has 0 saturated heterocycles. The van der Waals surface area contributed by atoms with Crippen LogP contribution in [0.5, 0.6) is 5.75 Å². The summed E-state index contributed by atoms with van der Waals surface area (Å²) in [7, 11) is 1.51. The molecule has 0 aliphatic heterocycles. The molecule has 3 aromatic carbocycles. The number of nitrogens with one attached hydrogen (secondary N) is 1. The first-order valence-corrected chi connectivity index (χ1v) is 7.71. The molecule has 0 unspecified atom stereocenters. The van der Waals surface area contributed by atoms with Gasteiger partial charge in [0.1, 0.15) is 11.6 Å². The van der Waals surface area contributed by atoms with Crippen molar-refractivity contribution in [2.75, 3.05) is 12.4 Å². The molecule has 0 aliphatic carbocycles. The third-order valence-corrected chi connectivity index (χ3v) is 4.26. The number of methoxy groups -OCH3 is 1. The van der Waals surface area contributed by atoms with Gasteiger partial charge in [-0.25, -0.2) is 4.39 Å². The second kappa shape index (κ2) is 6.38. The van der Waals surface area contributed by atoms with Crippen LogP contribution in [0.1, 0.15) is 10.4 Å². The molecule has 3 rings (SSSR count). The van der Waals surface area contributed by atoms with Gasteiger partial charge in [0.25, 0.3) is 5.91 Å².